The maximum atomic E-state index is 10.3. The van der Waals surface area contributed by atoms with E-state index in [0.717, 1.165) is 77.2 Å². The number of hydrogen-bond donors (Lipinski definition) is 2. The molecule has 320 valence electrons. The molecule has 11 heteroatoms. The van der Waals surface area contributed by atoms with Crippen LogP contribution >= 0.6 is 11.3 Å². The highest BCUT2D eigenvalue weighted by atomic mass is 32.1. The second-order valence-corrected chi connectivity index (χ2v) is 19.1. The minimum Gasteiger partial charge on any atom is -0.508 e. The van der Waals surface area contributed by atoms with Crippen LogP contribution in [-0.4, -0.2) is 66.7 Å². The standard InChI is InChI=1S/C52H53N7O3S/c1-31-32(2)63-52-48(31)50(55-46(30-47-53-23-25-62-47)51-57-56-33(3)59(51)52)36-9-14-38(15-10-36)54-39-28-40-16-17-41(29-39)58(40)24-26-61-43-19-11-35(12-20-43)49-44(34-7-5-4-6-8-34)21-13-37-27-42(60)18-22-45(37)49/h4-12,14-15,18-20,22-23,25,27,39-41,44,46,49,54,60H,13,16-17,21,24,26,28-30H2,1-3H3/t39?,40-,41+,44-,46?,49+/m1/s1. The molecule has 6 atom stereocenters. The van der Waals surface area contributed by atoms with E-state index in [1.54, 1.807) is 23.8 Å². The van der Waals surface area contributed by atoms with Gasteiger partial charge < -0.3 is 19.6 Å². The second-order valence-electron chi connectivity index (χ2n) is 17.9. The van der Waals surface area contributed by atoms with Crippen molar-refractivity contribution in [3.8, 4) is 16.5 Å². The van der Waals surface area contributed by atoms with Crippen LogP contribution in [0.1, 0.15) is 111 Å². The number of benzene rings is 4. The lowest BCUT2D eigenvalue weighted by atomic mass is 9.69. The SMILES string of the molecule is Cc1sc2c(c1C)C(c1ccc(NC3C[C@H]4CC[C@@H](C3)N4CCOc3ccc([C@@H]4c5ccc(O)cc5CC[C@@H]4c4ccccc4)cc3)cc1)=NC(Cc1ncco1)c1nnc(C)n1-2. The summed E-state index contributed by atoms with van der Waals surface area (Å²) in [5, 5.41) is 24.4. The van der Waals surface area contributed by atoms with E-state index in [1.807, 2.05) is 19.1 Å². The lowest BCUT2D eigenvalue weighted by Gasteiger charge is -2.39. The Hall–Kier alpha value is -6.04. The number of ether oxygens (including phenoxy) is 1. The maximum absolute atomic E-state index is 10.3. The van der Waals surface area contributed by atoms with Gasteiger partial charge in [0.05, 0.1) is 18.3 Å². The molecule has 2 unspecified atom stereocenters. The van der Waals surface area contributed by atoms with E-state index in [2.05, 4.69) is 129 Å². The van der Waals surface area contributed by atoms with Crippen molar-refractivity contribution in [2.24, 2.45) is 4.99 Å². The fourth-order valence-corrected chi connectivity index (χ4v) is 12.3. The van der Waals surface area contributed by atoms with Gasteiger partial charge in [0.2, 0.25) is 0 Å². The van der Waals surface area contributed by atoms with E-state index < -0.39 is 0 Å². The lowest BCUT2D eigenvalue weighted by Crippen LogP contribution is -2.48. The minimum absolute atomic E-state index is 0.228. The molecule has 0 amide bonds. The number of rotatable bonds is 11. The number of oxazole rings is 1. The van der Waals surface area contributed by atoms with Gasteiger partial charge in [0.1, 0.15) is 41.2 Å². The third kappa shape index (κ3) is 7.54. The molecule has 63 heavy (non-hydrogen) atoms. The van der Waals surface area contributed by atoms with Crippen molar-refractivity contribution in [2.45, 2.75) is 102 Å². The van der Waals surface area contributed by atoms with Crippen molar-refractivity contribution >= 4 is 22.7 Å². The molecular formula is C52H53N7O3S. The van der Waals surface area contributed by atoms with Crippen molar-refractivity contribution in [3.63, 3.8) is 0 Å². The van der Waals surface area contributed by atoms with Crippen LogP contribution < -0.4 is 10.1 Å². The molecule has 0 saturated carbocycles. The van der Waals surface area contributed by atoms with Crippen molar-refractivity contribution in [1.82, 2.24) is 24.6 Å². The molecule has 0 radical (unpaired) electrons. The van der Waals surface area contributed by atoms with Crippen molar-refractivity contribution in [1.29, 1.82) is 0 Å². The number of thiophene rings is 1. The molecule has 2 fully saturated rings. The summed E-state index contributed by atoms with van der Waals surface area (Å²) in [7, 11) is 0. The highest BCUT2D eigenvalue weighted by molar-refractivity contribution is 7.15. The Morgan fingerprint density at radius 2 is 1.67 bits per heavy atom. The third-order valence-electron chi connectivity index (χ3n) is 14.2. The molecule has 7 aromatic rings. The summed E-state index contributed by atoms with van der Waals surface area (Å²) in [6, 6.07) is 35.7. The molecule has 1 aliphatic carbocycles. The van der Waals surface area contributed by atoms with Crippen LogP contribution in [0.2, 0.25) is 0 Å². The quantitative estimate of drug-likeness (QED) is 0.132. The van der Waals surface area contributed by atoms with Gasteiger partial charge in [-0.05, 0) is 129 Å². The van der Waals surface area contributed by atoms with Crippen LogP contribution in [0, 0.1) is 20.8 Å². The van der Waals surface area contributed by atoms with Crippen molar-refractivity contribution < 1.29 is 14.3 Å². The zero-order chi connectivity index (χ0) is 42.6. The number of fused-ring (bicyclic) bond motifs is 6. The molecule has 4 aliphatic rings. The number of piperidine rings is 1. The number of nitrogens with zero attached hydrogens (tertiary/aromatic N) is 6. The lowest BCUT2D eigenvalue weighted by molar-refractivity contribution is 0.110. The zero-order valence-corrected chi connectivity index (χ0v) is 36.9. The van der Waals surface area contributed by atoms with Gasteiger partial charge in [0.25, 0.3) is 0 Å². The Morgan fingerprint density at radius 1 is 0.873 bits per heavy atom. The van der Waals surface area contributed by atoms with Crippen LogP contribution in [0.4, 0.5) is 5.69 Å². The monoisotopic (exact) mass is 855 g/mol. The molecular weight excluding hydrogens is 803 g/mol. The van der Waals surface area contributed by atoms with Gasteiger partial charge in [0, 0.05) is 52.3 Å². The van der Waals surface area contributed by atoms with Crippen molar-refractivity contribution in [3.05, 3.63) is 171 Å². The average Bonchev–Trinajstić information content (AvgIpc) is 4.06. The summed E-state index contributed by atoms with van der Waals surface area (Å²) in [6.07, 6.45) is 10.5. The summed E-state index contributed by atoms with van der Waals surface area (Å²) in [5.41, 5.74) is 10.8. The first kappa shape index (κ1) is 39.8. The Kier molecular flexibility index (Phi) is 10.5. The highest BCUT2D eigenvalue weighted by Gasteiger charge is 2.41. The molecule has 10 nitrogen and oxygen atoms in total. The first-order chi connectivity index (χ1) is 30.8. The summed E-state index contributed by atoms with van der Waals surface area (Å²) >= 11 is 1.77. The van der Waals surface area contributed by atoms with Crippen LogP contribution in [0.15, 0.2) is 119 Å². The summed E-state index contributed by atoms with van der Waals surface area (Å²) < 4.78 is 14.3. The predicted molar refractivity (Wildman–Crippen MR) is 248 cm³/mol. The number of nitrogens with one attached hydrogen (secondary N) is 1. The van der Waals surface area contributed by atoms with Gasteiger partial charge in [-0.3, -0.25) is 14.5 Å². The normalized spacial score (nSPS) is 22.7. The van der Waals surface area contributed by atoms with Gasteiger partial charge in [-0.15, -0.1) is 21.5 Å². The molecule has 2 saturated heterocycles. The third-order valence-corrected chi connectivity index (χ3v) is 15.4. The fourth-order valence-electron chi connectivity index (χ4n) is 11.1. The molecule has 3 aromatic heterocycles. The van der Waals surface area contributed by atoms with E-state index in [4.69, 9.17) is 14.1 Å². The number of aryl methyl sites for hydroxylation is 3. The van der Waals surface area contributed by atoms with Gasteiger partial charge in [-0.1, -0.05) is 60.7 Å². The number of aromatic nitrogens is 4. The Balaban J connectivity index is 0.739. The minimum atomic E-state index is -0.292. The van der Waals surface area contributed by atoms with Gasteiger partial charge in [-0.2, -0.15) is 0 Å². The van der Waals surface area contributed by atoms with E-state index in [1.165, 1.54) is 45.5 Å². The molecule has 11 rings (SSSR count). The van der Waals surface area contributed by atoms with Crippen LogP contribution in [0.25, 0.3) is 5.00 Å². The number of phenols is 1. The zero-order valence-electron chi connectivity index (χ0n) is 36.1. The smallest absolute Gasteiger partial charge is 0.196 e. The second kappa shape index (κ2) is 16.6. The maximum Gasteiger partial charge on any atom is 0.196 e. The molecule has 2 N–H and O–H groups in total. The van der Waals surface area contributed by atoms with Gasteiger partial charge in [0.15, 0.2) is 11.7 Å². The average molecular weight is 856 g/mol. The Bertz CT molecular complexity index is 2750. The predicted octanol–water partition coefficient (Wildman–Crippen LogP) is 10.4. The number of aromatic hydroxyl groups is 1. The van der Waals surface area contributed by atoms with Crippen molar-refractivity contribution in [2.75, 3.05) is 18.5 Å². The van der Waals surface area contributed by atoms with E-state index in [-0.39, 0.29) is 12.0 Å². The van der Waals surface area contributed by atoms with Gasteiger partial charge >= 0.3 is 0 Å². The van der Waals surface area contributed by atoms with E-state index >= 15 is 0 Å². The first-order valence-corrected chi connectivity index (χ1v) is 23.4. The summed E-state index contributed by atoms with van der Waals surface area (Å²) in [5.74, 6) is 4.16. The fraction of sp³-hybridized carbons (Fsp3) is 0.346. The highest BCUT2D eigenvalue weighted by Crippen LogP contribution is 2.47. The van der Waals surface area contributed by atoms with Crippen LogP contribution in [-0.2, 0) is 12.8 Å². The Morgan fingerprint density at radius 3 is 2.43 bits per heavy atom. The van der Waals surface area contributed by atoms with Crippen LogP contribution in [0.5, 0.6) is 11.5 Å². The number of phenolic OH excluding ortho intramolecular Hbond substituents is 1. The largest absolute Gasteiger partial charge is 0.508 e. The summed E-state index contributed by atoms with van der Waals surface area (Å²) in [6.45, 7) is 8.00. The number of hydrogen-bond acceptors (Lipinski definition) is 10. The number of aliphatic imine (C=N–C) groups is 1. The van der Waals surface area contributed by atoms with Crippen LogP contribution in [0.3, 0.4) is 0 Å². The van der Waals surface area contributed by atoms with Gasteiger partial charge in [-0.25, -0.2) is 4.98 Å². The Labute approximate surface area is 372 Å². The molecule has 3 aliphatic heterocycles. The first-order valence-electron chi connectivity index (χ1n) is 22.6. The molecule has 2 bridgehead atoms. The number of anilines is 1. The molecule has 4 aromatic carbocycles. The molecule has 6 heterocycles. The van der Waals surface area contributed by atoms with E-state index in [9.17, 15) is 5.11 Å². The topological polar surface area (TPSA) is 114 Å². The summed E-state index contributed by atoms with van der Waals surface area (Å²) in [4.78, 5) is 13.8. The molecule has 0 spiro atoms. The van der Waals surface area contributed by atoms with E-state index in [0.29, 0.717) is 48.7 Å².